The third-order valence-corrected chi connectivity index (χ3v) is 2.54. The normalized spacial score (nSPS) is 11.9. The summed E-state index contributed by atoms with van der Waals surface area (Å²) in [5.74, 6) is 0. The first-order valence-corrected chi connectivity index (χ1v) is 6.90. The fourth-order valence-electron chi connectivity index (χ4n) is 1.32. The highest BCUT2D eigenvalue weighted by Crippen LogP contribution is 2.05. The van der Waals surface area contributed by atoms with Gasteiger partial charge in [0, 0.05) is 5.33 Å². The molecule has 1 heteroatoms. The average molecular weight is 259 g/mol. The van der Waals surface area contributed by atoms with E-state index in [9.17, 15) is 0 Å². The molecule has 82 valence electrons. The first-order chi connectivity index (χ1) is 6.91. The third-order valence-electron chi connectivity index (χ3n) is 2.17. The Kier molecular flexibility index (Phi) is 12.9. The topological polar surface area (TPSA) is 0 Å². The lowest BCUT2D eigenvalue weighted by Gasteiger charge is -1.95. The summed E-state index contributed by atoms with van der Waals surface area (Å²) in [6, 6.07) is 0. The predicted octanol–water partition coefficient (Wildman–Crippen LogP) is 5.24. The van der Waals surface area contributed by atoms with E-state index in [-0.39, 0.29) is 0 Å². The van der Waals surface area contributed by atoms with E-state index in [0.717, 1.165) is 11.8 Å². The Labute approximate surface area is 97.6 Å². The van der Waals surface area contributed by atoms with Gasteiger partial charge in [-0.2, -0.15) is 0 Å². The van der Waals surface area contributed by atoms with Gasteiger partial charge in [0.25, 0.3) is 0 Å². The molecule has 0 rings (SSSR count). The fraction of sp³-hybridized carbons (Fsp3) is 0.692. The van der Waals surface area contributed by atoms with Gasteiger partial charge < -0.3 is 0 Å². The van der Waals surface area contributed by atoms with Crippen molar-refractivity contribution in [1.29, 1.82) is 0 Å². The molecule has 0 N–H and O–H groups in total. The molecule has 0 aliphatic carbocycles. The standard InChI is InChI=1S/C13H23Br/c1-2-3-4-5-6-7-8-9-10-11-12-13-14/h8-9,11-12H,2-7,10,13H2,1H3. The van der Waals surface area contributed by atoms with Crippen LogP contribution in [0.1, 0.15) is 51.9 Å². The van der Waals surface area contributed by atoms with Gasteiger partial charge in [0.1, 0.15) is 0 Å². The molecule has 0 amide bonds. The molecule has 0 radical (unpaired) electrons. The van der Waals surface area contributed by atoms with E-state index in [0.29, 0.717) is 0 Å². The fourth-order valence-corrected chi connectivity index (χ4v) is 1.58. The van der Waals surface area contributed by atoms with Crippen molar-refractivity contribution in [3.63, 3.8) is 0 Å². The summed E-state index contributed by atoms with van der Waals surface area (Å²) in [5.41, 5.74) is 0. The zero-order valence-corrected chi connectivity index (χ0v) is 10.9. The number of hydrogen-bond donors (Lipinski definition) is 0. The molecule has 0 spiro atoms. The summed E-state index contributed by atoms with van der Waals surface area (Å²) in [5, 5.41) is 0.970. The predicted molar refractivity (Wildman–Crippen MR) is 70.1 cm³/mol. The average Bonchev–Trinajstić information content (AvgIpc) is 2.21. The van der Waals surface area contributed by atoms with Crippen LogP contribution in [-0.4, -0.2) is 5.33 Å². The number of rotatable bonds is 9. The molecule has 0 aromatic carbocycles. The minimum atomic E-state index is 0.970. The van der Waals surface area contributed by atoms with Gasteiger partial charge in [-0.25, -0.2) is 0 Å². The summed E-state index contributed by atoms with van der Waals surface area (Å²) < 4.78 is 0. The van der Waals surface area contributed by atoms with Gasteiger partial charge in [-0.3, -0.25) is 0 Å². The first kappa shape index (κ1) is 14.0. The van der Waals surface area contributed by atoms with Crippen LogP contribution in [-0.2, 0) is 0 Å². The van der Waals surface area contributed by atoms with Gasteiger partial charge in [0.05, 0.1) is 0 Å². The van der Waals surface area contributed by atoms with E-state index in [4.69, 9.17) is 0 Å². The van der Waals surface area contributed by atoms with Crippen LogP contribution in [0.15, 0.2) is 24.3 Å². The van der Waals surface area contributed by atoms with E-state index in [1.807, 2.05) is 0 Å². The van der Waals surface area contributed by atoms with Gasteiger partial charge in [-0.15, -0.1) is 0 Å². The second kappa shape index (κ2) is 13.0. The second-order valence-electron chi connectivity index (χ2n) is 3.54. The Balaban J connectivity index is 3.07. The summed E-state index contributed by atoms with van der Waals surface area (Å²) in [4.78, 5) is 0. The summed E-state index contributed by atoms with van der Waals surface area (Å²) in [6.07, 6.45) is 18.2. The Morgan fingerprint density at radius 2 is 1.57 bits per heavy atom. The Bertz CT molecular complexity index is 147. The Morgan fingerprint density at radius 3 is 2.29 bits per heavy atom. The van der Waals surface area contributed by atoms with Crippen molar-refractivity contribution in [3.05, 3.63) is 24.3 Å². The monoisotopic (exact) mass is 258 g/mol. The maximum absolute atomic E-state index is 3.36. The molecule has 0 aromatic rings. The van der Waals surface area contributed by atoms with Crippen LogP contribution in [0.4, 0.5) is 0 Å². The largest absolute Gasteiger partial charge is 0.0883 e. The lowest BCUT2D eigenvalue weighted by molar-refractivity contribution is 0.637. The van der Waals surface area contributed by atoms with E-state index in [1.54, 1.807) is 0 Å². The second-order valence-corrected chi connectivity index (χ2v) is 4.18. The van der Waals surface area contributed by atoms with Crippen molar-refractivity contribution >= 4 is 15.9 Å². The highest BCUT2D eigenvalue weighted by Gasteiger charge is 1.85. The molecule has 0 fully saturated rings. The molecule has 0 saturated heterocycles. The van der Waals surface area contributed by atoms with Crippen molar-refractivity contribution in [2.75, 3.05) is 5.33 Å². The Hall–Kier alpha value is -0.0400. The van der Waals surface area contributed by atoms with Crippen molar-refractivity contribution in [2.45, 2.75) is 51.9 Å². The molecule has 0 bridgehead atoms. The number of unbranched alkanes of at least 4 members (excludes halogenated alkanes) is 5. The van der Waals surface area contributed by atoms with E-state index >= 15 is 0 Å². The molecule has 0 nitrogen and oxygen atoms in total. The van der Waals surface area contributed by atoms with Crippen molar-refractivity contribution < 1.29 is 0 Å². The zero-order chi connectivity index (χ0) is 10.5. The third kappa shape index (κ3) is 12.0. The lowest BCUT2D eigenvalue weighted by atomic mass is 10.1. The minimum Gasteiger partial charge on any atom is -0.0883 e. The number of allylic oxidation sites excluding steroid dienone is 4. The Morgan fingerprint density at radius 1 is 0.857 bits per heavy atom. The first-order valence-electron chi connectivity index (χ1n) is 5.77. The number of hydrogen-bond acceptors (Lipinski definition) is 0. The smallest absolute Gasteiger partial charge is 0.0212 e. The number of alkyl halides is 1. The van der Waals surface area contributed by atoms with Gasteiger partial charge in [-0.05, 0) is 19.3 Å². The zero-order valence-electron chi connectivity index (χ0n) is 9.34. The molecule has 0 unspecified atom stereocenters. The van der Waals surface area contributed by atoms with Crippen LogP contribution in [0.5, 0.6) is 0 Å². The van der Waals surface area contributed by atoms with Crippen LogP contribution in [0, 0.1) is 0 Å². The maximum Gasteiger partial charge on any atom is 0.0212 e. The van der Waals surface area contributed by atoms with E-state index < -0.39 is 0 Å². The summed E-state index contributed by atoms with van der Waals surface area (Å²) in [7, 11) is 0. The molecular weight excluding hydrogens is 236 g/mol. The van der Waals surface area contributed by atoms with Gasteiger partial charge in [-0.1, -0.05) is 72.8 Å². The van der Waals surface area contributed by atoms with Gasteiger partial charge in [0.15, 0.2) is 0 Å². The van der Waals surface area contributed by atoms with Crippen LogP contribution >= 0.6 is 15.9 Å². The highest BCUT2D eigenvalue weighted by molar-refractivity contribution is 9.09. The molecular formula is C13H23Br. The molecule has 0 aliphatic heterocycles. The van der Waals surface area contributed by atoms with Crippen molar-refractivity contribution in [3.8, 4) is 0 Å². The quantitative estimate of drug-likeness (QED) is 0.301. The summed E-state index contributed by atoms with van der Waals surface area (Å²) >= 11 is 3.36. The van der Waals surface area contributed by atoms with Gasteiger partial charge >= 0.3 is 0 Å². The molecule has 14 heavy (non-hydrogen) atoms. The highest BCUT2D eigenvalue weighted by atomic mass is 79.9. The van der Waals surface area contributed by atoms with Gasteiger partial charge in [0.2, 0.25) is 0 Å². The minimum absolute atomic E-state index is 0.970. The van der Waals surface area contributed by atoms with Crippen LogP contribution in [0.3, 0.4) is 0 Å². The molecule has 0 aliphatic rings. The molecule has 0 heterocycles. The molecule has 0 aromatic heterocycles. The molecule has 0 saturated carbocycles. The summed E-state index contributed by atoms with van der Waals surface area (Å²) in [6.45, 7) is 2.26. The van der Waals surface area contributed by atoms with Crippen molar-refractivity contribution in [2.24, 2.45) is 0 Å². The molecule has 0 atom stereocenters. The van der Waals surface area contributed by atoms with E-state index in [1.165, 1.54) is 38.5 Å². The maximum atomic E-state index is 3.36. The lowest BCUT2D eigenvalue weighted by Crippen LogP contribution is -1.75. The van der Waals surface area contributed by atoms with Crippen LogP contribution in [0.2, 0.25) is 0 Å². The van der Waals surface area contributed by atoms with E-state index in [2.05, 4.69) is 47.2 Å². The number of halogens is 1. The van der Waals surface area contributed by atoms with Crippen LogP contribution in [0.25, 0.3) is 0 Å². The van der Waals surface area contributed by atoms with Crippen LogP contribution < -0.4 is 0 Å². The van der Waals surface area contributed by atoms with Crippen molar-refractivity contribution in [1.82, 2.24) is 0 Å². The SMILES string of the molecule is CCCCCCCC=CCC=CCBr.